The molecule has 7 N–H and O–H groups in total. The van der Waals surface area contributed by atoms with E-state index in [1.165, 1.54) is 14.0 Å². The summed E-state index contributed by atoms with van der Waals surface area (Å²) >= 11 is 0. The zero-order valence-electron chi connectivity index (χ0n) is 52.1. The summed E-state index contributed by atoms with van der Waals surface area (Å²) in [5, 5.41) is 44.0. The third-order valence-corrected chi connectivity index (χ3v) is 16.9. The standard InChI is InChI=1S/C67H87N11O9/c1-10-53-76-57-58(50-23-14-15-24-51(50)75-59(57)70)77(53)37-18-17-34-71-55(81)29-35-73-60(83)64(5,43-65(6,42-63(3,4)44-68)62(85)87-39-38-86-9)31-19-32-67(8,61(84)74-40-46(2)79)66(7,45-69)33-28-54(80)72-36-30-56(82)78-41-49-22-12-11-20-47(49)26-27-48-21-13-16-25-52(48)78/h11-16,20-25,46,79H,10,17-19,28-43H2,1-9H3,(H2,70,75)(H,71,81)(H,72,80)(H,73,83)(H,74,84). The SMILES string of the molecule is CCc1nc2c(N)nc3ccccc3c2n1CCCCNC(=O)CCNC(=O)C(C)(CCCC(C)(C(=O)NCC(C)O)C(C)(C#N)CCC(=O)NCCC(=O)N1Cc2ccccc2C#Cc2ccccc21)CC(C)(CC(C)(C)C#N)C(=O)OCCOC. The van der Waals surface area contributed by atoms with E-state index in [4.69, 9.17) is 20.2 Å². The Kier molecular flexibility index (Phi) is 23.6. The molecule has 0 aliphatic carbocycles. The molecule has 0 saturated carbocycles. The number of fused-ring (bicyclic) bond motifs is 5. The predicted octanol–water partition coefficient (Wildman–Crippen LogP) is 8.10. The molecular formula is C67H87N11O9. The molecule has 1 aliphatic heterocycles. The minimum absolute atomic E-state index is 0.00754. The predicted molar refractivity (Wildman–Crippen MR) is 334 cm³/mol. The van der Waals surface area contributed by atoms with Crippen molar-refractivity contribution in [2.24, 2.45) is 27.1 Å². The number of hydrogen-bond donors (Lipinski definition) is 6. The van der Waals surface area contributed by atoms with E-state index in [0.29, 0.717) is 48.5 Å². The average Bonchev–Trinajstić information content (AvgIpc) is 1.90. The van der Waals surface area contributed by atoms with E-state index in [-0.39, 0.29) is 109 Å². The van der Waals surface area contributed by atoms with Crippen LogP contribution in [0.1, 0.15) is 149 Å². The molecule has 3 heterocycles. The van der Waals surface area contributed by atoms with Gasteiger partial charge in [0.25, 0.3) is 0 Å². The summed E-state index contributed by atoms with van der Waals surface area (Å²) in [5.74, 6) is 5.08. The number of benzene rings is 3. The number of nitrogens with one attached hydrogen (secondary N) is 4. The summed E-state index contributed by atoms with van der Waals surface area (Å²) in [5.41, 5.74) is 4.96. The van der Waals surface area contributed by atoms with Crippen molar-refractivity contribution in [3.63, 3.8) is 0 Å². The van der Waals surface area contributed by atoms with Crippen molar-refractivity contribution in [1.29, 1.82) is 10.5 Å². The van der Waals surface area contributed by atoms with Crippen molar-refractivity contribution < 1.29 is 43.3 Å². The van der Waals surface area contributed by atoms with Crippen LogP contribution < -0.4 is 31.9 Å². The van der Waals surface area contributed by atoms with Crippen molar-refractivity contribution in [3.05, 3.63) is 95.3 Å². The smallest absolute Gasteiger partial charge is 0.311 e. The first kappa shape index (κ1) is 67.7. The molecule has 20 heteroatoms. The van der Waals surface area contributed by atoms with Crippen molar-refractivity contribution in [3.8, 4) is 24.0 Å². The van der Waals surface area contributed by atoms with Crippen LogP contribution in [0.2, 0.25) is 0 Å². The third-order valence-electron chi connectivity index (χ3n) is 16.9. The van der Waals surface area contributed by atoms with Gasteiger partial charge in [-0.2, -0.15) is 10.5 Å². The van der Waals surface area contributed by atoms with Gasteiger partial charge in [-0.15, -0.1) is 0 Å². The number of aliphatic hydroxyl groups excluding tert-OH is 1. The first-order chi connectivity index (χ1) is 41.4. The fourth-order valence-electron chi connectivity index (χ4n) is 11.9. The van der Waals surface area contributed by atoms with Gasteiger partial charge >= 0.3 is 5.97 Å². The summed E-state index contributed by atoms with van der Waals surface area (Å²) in [6.45, 7) is 14.8. The second-order valence-electron chi connectivity index (χ2n) is 24.6. The number of aryl methyl sites for hydroxylation is 2. The van der Waals surface area contributed by atoms with Gasteiger partial charge in [0.2, 0.25) is 29.5 Å². The van der Waals surface area contributed by atoms with E-state index in [0.717, 1.165) is 39.8 Å². The first-order valence-corrected chi connectivity index (χ1v) is 30.2. The van der Waals surface area contributed by atoms with Crippen LogP contribution in [0.25, 0.3) is 21.9 Å². The average molecular weight is 1190 g/mol. The number of amides is 5. The lowest BCUT2D eigenvalue weighted by atomic mass is 9.60. The summed E-state index contributed by atoms with van der Waals surface area (Å²) in [7, 11) is 1.47. The fourth-order valence-corrected chi connectivity index (χ4v) is 11.9. The van der Waals surface area contributed by atoms with E-state index in [2.05, 4.69) is 54.8 Å². The van der Waals surface area contributed by atoms with Gasteiger partial charge in [0.1, 0.15) is 17.9 Å². The number of carbonyl (C=O) groups excluding carboxylic acids is 6. The molecule has 0 saturated heterocycles. The Morgan fingerprint density at radius 1 is 0.736 bits per heavy atom. The molecule has 1 aliphatic rings. The van der Waals surface area contributed by atoms with Crippen LogP contribution in [0.4, 0.5) is 11.5 Å². The van der Waals surface area contributed by atoms with Crippen molar-refractivity contribution >= 4 is 68.9 Å². The Labute approximate surface area is 511 Å². The molecule has 5 unspecified atom stereocenters. The van der Waals surface area contributed by atoms with E-state index in [1.807, 2.05) is 79.7 Å². The molecule has 464 valence electrons. The Hall–Kier alpha value is -8.38. The Morgan fingerprint density at radius 3 is 2.11 bits per heavy atom. The molecule has 20 nitrogen and oxygen atoms in total. The normalized spacial score (nSPS) is 15.1. The minimum Gasteiger partial charge on any atom is -0.463 e. The second-order valence-corrected chi connectivity index (χ2v) is 24.6. The third kappa shape index (κ3) is 17.2. The number of carbonyl (C=O) groups is 6. The molecule has 87 heavy (non-hydrogen) atoms. The maximum atomic E-state index is 14.8. The monoisotopic (exact) mass is 1190 g/mol. The lowest BCUT2D eigenvalue weighted by Crippen LogP contribution is -2.51. The van der Waals surface area contributed by atoms with Crippen molar-refractivity contribution in [1.82, 2.24) is 35.8 Å². The van der Waals surface area contributed by atoms with Gasteiger partial charge in [-0.1, -0.05) is 80.6 Å². The number of unbranched alkanes of at least 4 members (excludes halogenated alkanes) is 1. The maximum absolute atomic E-state index is 14.8. The molecule has 0 fully saturated rings. The first-order valence-electron chi connectivity index (χ1n) is 30.2. The lowest BCUT2D eigenvalue weighted by molar-refractivity contribution is -0.161. The highest BCUT2D eigenvalue weighted by Crippen LogP contribution is 2.50. The van der Waals surface area contributed by atoms with Gasteiger partial charge in [-0.05, 0) is 116 Å². The second kappa shape index (κ2) is 30.3. The number of imidazole rings is 1. The molecule has 5 amide bonds. The molecule has 0 radical (unpaired) electrons. The van der Waals surface area contributed by atoms with E-state index < -0.39 is 56.9 Å². The van der Waals surface area contributed by atoms with Gasteiger partial charge in [-0.25, -0.2) is 9.97 Å². The van der Waals surface area contributed by atoms with Gasteiger partial charge in [0.05, 0.1) is 69.8 Å². The number of aliphatic hydroxyl groups is 1. The molecule has 0 spiro atoms. The van der Waals surface area contributed by atoms with Gasteiger partial charge < -0.3 is 51.0 Å². The topological polar surface area (TPSA) is 297 Å². The molecule has 2 aromatic heterocycles. The van der Waals surface area contributed by atoms with Crippen LogP contribution in [-0.2, 0) is 57.8 Å². The largest absolute Gasteiger partial charge is 0.463 e. The lowest BCUT2D eigenvalue weighted by Gasteiger charge is -2.42. The number of aromatic nitrogens is 3. The number of para-hydroxylation sites is 2. The number of pyridine rings is 1. The number of anilines is 2. The Balaban J connectivity index is 1.13. The Bertz CT molecular complexity index is 3440. The quantitative estimate of drug-likeness (QED) is 0.0135. The fraction of sp³-hybridized carbons (Fsp3) is 0.522. The van der Waals surface area contributed by atoms with E-state index in [9.17, 15) is 44.4 Å². The molecule has 3 aromatic carbocycles. The zero-order chi connectivity index (χ0) is 63.6. The van der Waals surface area contributed by atoms with E-state index >= 15 is 0 Å². The highest BCUT2D eigenvalue weighted by molar-refractivity contribution is 6.06. The maximum Gasteiger partial charge on any atom is 0.311 e. The van der Waals surface area contributed by atoms with Crippen LogP contribution in [0.5, 0.6) is 0 Å². The zero-order valence-corrected chi connectivity index (χ0v) is 52.1. The molecule has 5 aromatic rings. The summed E-state index contributed by atoms with van der Waals surface area (Å²) < 4.78 is 13.0. The van der Waals surface area contributed by atoms with Crippen LogP contribution >= 0.6 is 0 Å². The number of esters is 1. The van der Waals surface area contributed by atoms with Crippen molar-refractivity contribution in [2.75, 3.05) is 57.1 Å². The Morgan fingerprint density at radius 2 is 1.40 bits per heavy atom. The summed E-state index contributed by atoms with van der Waals surface area (Å²) in [4.78, 5) is 95.4. The van der Waals surface area contributed by atoms with Crippen molar-refractivity contribution in [2.45, 2.75) is 152 Å². The highest BCUT2D eigenvalue weighted by Gasteiger charge is 2.52. The molecule has 0 bridgehead atoms. The van der Waals surface area contributed by atoms with Gasteiger partial charge in [0.15, 0.2) is 5.82 Å². The molecule has 5 atom stereocenters. The van der Waals surface area contributed by atoms with Crippen LogP contribution in [-0.4, -0.2) is 108 Å². The number of nitrogens with two attached hydrogens (primary N) is 1. The van der Waals surface area contributed by atoms with Crippen LogP contribution in [0, 0.1) is 61.6 Å². The van der Waals surface area contributed by atoms with Crippen LogP contribution in [0.15, 0.2) is 72.8 Å². The number of nitriles is 2. The number of hydrogen-bond acceptors (Lipinski definition) is 14. The molecular weight excluding hydrogens is 1100 g/mol. The summed E-state index contributed by atoms with van der Waals surface area (Å²) in [6.07, 6.45) is 0.998. The number of ether oxygens (including phenoxy) is 2. The number of rotatable bonds is 32. The number of nitrogen functional groups attached to an aromatic ring is 1. The molecule has 6 rings (SSSR count). The summed E-state index contributed by atoms with van der Waals surface area (Å²) in [6, 6.07) is 27.5. The minimum atomic E-state index is -1.52. The number of nitrogens with zero attached hydrogens (tertiary/aromatic N) is 6. The van der Waals surface area contributed by atoms with Crippen LogP contribution in [0.3, 0.4) is 0 Å². The van der Waals surface area contributed by atoms with E-state index in [1.54, 1.807) is 46.4 Å². The highest BCUT2D eigenvalue weighted by atomic mass is 16.6. The number of methoxy groups -OCH3 is 1. The van der Waals surface area contributed by atoms with Gasteiger partial charge in [-0.3, -0.25) is 28.8 Å². The van der Waals surface area contributed by atoms with Gasteiger partial charge in [0, 0.05) is 87.4 Å².